The van der Waals surface area contributed by atoms with Crippen LogP contribution in [0.3, 0.4) is 0 Å². The van der Waals surface area contributed by atoms with E-state index in [2.05, 4.69) is 83.2 Å². The molecule has 0 aromatic heterocycles. The summed E-state index contributed by atoms with van der Waals surface area (Å²) >= 11 is 3.44. The summed E-state index contributed by atoms with van der Waals surface area (Å²) in [6.07, 6.45) is 3.92. The fourth-order valence-electron chi connectivity index (χ4n) is 6.03. The van der Waals surface area contributed by atoms with Crippen LogP contribution in [0.2, 0.25) is 0 Å². The van der Waals surface area contributed by atoms with Crippen LogP contribution in [0, 0.1) is 10.1 Å². The van der Waals surface area contributed by atoms with Crippen LogP contribution < -0.4 is 14.4 Å². The van der Waals surface area contributed by atoms with Gasteiger partial charge in [-0.25, -0.2) is 0 Å². The molecule has 0 fully saturated rings. The molecule has 0 saturated heterocycles. The van der Waals surface area contributed by atoms with E-state index in [4.69, 9.17) is 9.47 Å². The molecule has 0 saturated carbocycles. The number of likely N-dealkylation sites (N-methyl/N-ethyl adjacent to an activating group) is 1. The number of methoxy groups -OCH3 is 1. The van der Waals surface area contributed by atoms with E-state index in [1.807, 2.05) is 43.5 Å². The van der Waals surface area contributed by atoms with Crippen LogP contribution in [-0.4, -0.2) is 24.8 Å². The van der Waals surface area contributed by atoms with Crippen LogP contribution in [0.15, 0.2) is 89.4 Å². The highest BCUT2D eigenvalue weighted by Gasteiger charge is 2.59. The molecular weight excluding hydrogens is 556 g/mol. The second-order valence-corrected chi connectivity index (χ2v) is 11.2. The Hall–Kier alpha value is -4.10. The van der Waals surface area contributed by atoms with Crippen molar-refractivity contribution in [3.63, 3.8) is 0 Å². The van der Waals surface area contributed by atoms with Crippen molar-refractivity contribution < 1.29 is 14.4 Å². The molecule has 196 valence electrons. The number of ether oxygens (including phenoxy) is 2. The van der Waals surface area contributed by atoms with E-state index in [1.165, 1.54) is 18.7 Å². The third-order valence-corrected chi connectivity index (χ3v) is 8.87. The van der Waals surface area contributed by atoms with Crippen LogP contribution in [-0.2, 0) is 5.41 Å². The largest absolute Gasteiger partial charge is 0.493 e. The maximum atomic E-state index is 11.7. The number of fused-ring (bicyclic) bond motifs is 2. The number of halogens is 1. The quantitative estimate of drug-likeness (QED) is 0.179. The van der Waals surface area contributed by atoms with Crippen LogP contribution in [0.4, 0.5) is 11.4 Å². The van der Waals surface area contributed by atoms with Crippen molar-refractivity contribution in [2.45, 2.75) is 25.0 Å². The van der Waals surface area contributed by atoms with Crippen molar-refractivity contribution >= 4 is 33.4 Å². The minimum Gasteiger partial charge on any atom is -0.493 e. The molecule has 2 aliphatic heterocycles. The van der Waals surface area contributed by atoms with Gasteiger partial charge in [0.1, 0.15) is 4.47 Å². The highest BCUT2D eigenvalue weighted by molar-refractivity contribution is 9.10. The van der Waals surface area contributed by atoms with Gasteiger partial charge in [-0.2, -0.15) is 0 Å². The monoisotopic (exact) mass is 582 g/mol. The van der Waals surface area contributed by atoms with Crippen LogP contribution in [0.1, 0.15) is 25.0 Å². The smallest absolute Gasteiger partial charge is 0.288 e. The average molecular weight is 583 g/mol. The fraction of sp³-hybridized carbons (Fsp3) is 0.188. The molecule has 0 amide bonds. The molecule has 0 N–H and O–H groups in total. The summed E-state index contributed by atoms with van der Waals surface area (Å²) in [6, 6.07) is 26.7. The molecular formula is C32H27BrN2O4. The average Bonchev–Trinajstić information content (AvgIpc) is 3.11. The Labute approximate surface area is 235 Å². The molecule has 1 spiro atoms. The van der Waals surface area contributed by atoms with Crippen LogP contribution >= 0.6 is 15.9 Å². The van der Waals surface area contributed by atoms with Crippen molar-refractivity contribution in [1.82, 2.24) is 0 Å². The van der Waals surface area contributed by atoms with Crippen molar-refractivity contribution in [3.05, 3.63) is 111 Å². The molecule has 0 aliphatic carbocycles. The number of anilines is 1. The van der Waals surface area contributed by atoms with E-state index in [0.717, 1.165) is 27.9 Å². The third kappa shape index (κ3) is 3.60. The predicted octanol–water partition coefficient (Wildman–Crippen LogP) is 8.23. The standard InChI is InChI=1S/C32H27BrN2O4/c1-31(2)28-24(21-13-9-6-10-14-21)17-22(20-11-7-5-8-12-20)18-25(28)34(3)32(31)16-15-23-29(33)26(35(36)37)19-27(38-4)30(23)39-32/h5-19H,1-4H3. The lowest BCUT2D eigenvalue weighted by atomic mass is 9.73. The SMILES string of the molecule is COc1cc([N+](=O)[O-])c(Br)c2c1OC1(C=C2)N(C)c2cc(-c3ccccc3)cc(-c3ccccc3)c2C1(C)C. The van der Waals surface area contributed by atoms with E-state index in [-0.39, 0.29) is 5.69 Å². The minimum absolute atomic E-state index is 0.0732. The summed E-state index contributed by atoms with van der Waals surface area (Å²) in [5.74, 6) is 0.784. The van der Waals surface area contributed by atoms with Gasteiger partial charge in [-0.05, 0) is 81.9 Å². The first-order valence-corrected chi connectivity index (χ1v) is 13.4. The lowest BCUT2D eigenvalue weighted by molar-refractivity contribution is -0.385. The van der Waals surface area contributed by atoms with Crippen molar-refractivity contribution in [2.24, 2.45) is 0 Å². The molecule has 6 rings (SSSR count). The number of nitro benzene ring substituents is 1. The summed E-state index contributed by atoms with van der Waals surface area (Å²) < 4.78 is 12.9. The maximum absolute atomic E-state index is 11.7. The summed E-state index contributed by atoms with van der Waals surface area (Å²) in [7, 11) is 3.54. The van der Waals surface area contributed by atoms with Gasteiger partial charge in [0.2, 0.25) is 5.72 Å². The first-order valence-electron chi connectivity index (χ1n) is 12.7. The lowest BCUT2D eigenvalue weighted by Gasteiger charge is -2.46. The molecule has 7 heteroatoms. The molecule has 1 atom stereocenters. The van der Waals surface area contributed by atoms with Crippen LogP contribution in [0.5, 0.6) is 11.5 Å². The van der Waals surface area contributed by atoms with E-state index in [1.54, 1.807) is 0 Å². The van der Waals surface area contributed by atoms with Gasteiger partial charge in [0, 0.05) is 18.3 Å². The van der Waals surface area contributed by atoms with E-state index < -0.39 is 16.1 Å². The Morgan fingerprint density at radius 2 is 1.59 bits per heavy atom. The van der Waals surface area contributed by atoms with Gasteiger partial charge in [0.15, 0.2) is 11.5 Å². The number of benzene rings is 4. The Bertz CT molecular complexity index is 1650. The molecule has 6 nitrogen and oxygen atoms in total. The summed E-state index contributed by atoms with van der Waals surface area (Å²) in [6.45, 7) is 4.37. The first kappa shape index (κ1) is 25.2. The van der Waals surface area contributed by atoms with Gasteiger partial charge in [0.25, 0.3) is 5.69 Å². The number of hydrogen-bond acceptors (Lipinski definition) is 5. The molecule has 0 radical (unpaired) electrons. The zero-order valence-electron chi connectivity index (χ0n) is 22.1. The molecule has 4 aromatic carbocycles. The van der Waals surface area contributed by atoms with Crippen LogP contribution in [0.25, 0.3) is 28.3 Å². The predicted molar refractivity (Wildman–Crippen MR) is 158 cm³/mol. The Morgan fingerprint density at radius 1 is 0.949 bits per heavy atom. The molecule has 0 bridgehead atoms. The van der Waals surface area contributed by atoms with Crippen molar-refractivity contribution in [2.75, 3.05) is 19.1 Å². The second-order valence-electron chi connectivity index (χ2n) is 10.4. The number of rotatable bonds is 4. The maximum Gasteiger partial charge on any atom is 0.288 e. The molecule has 2 aliphatic rings. The highest BCUT2D eigenvalue weighted by atomic mass is 79.9. The molecule has 2 heterocycles. The third-order valence-electron chi connectivity index (χ3n) is 8.04. The van der Waals surface area contributed by atoms with Crippen molar-refractivity contribution in [3.8, 4) is 33.8 Å². The Balaban J connectivity index is 1.59. The molecule has 4 aromatic rings. The van der Waals surface area contributed by atoms with Gasteiger partial charge in [-0.1, -0.05) is 60.7 Å². The van der Waals surface area contributed by atoms with Gasteiger partial charge in [0.05, 0.1) is 23.5 Å². The summed E-state index contributed by atoms with van der Waals surface area (Å²) in [4.78, 5) is 13.4. The van der Waals surface area contributed by atoms with Gasteiger partial charge < -0.3 is 14.4 Å². The van der Waals surface area contributed by atoms with E-state index in [0.29, 0.717) is 21.5 Å². The first-order chi connectivity index (χ1) is 18.7. The van der Waals surface area contributed by atoms with Gasteiger partial charge >= 0.3 is 0 Å². The molecule has 1 unspecified atom stereocenters. The Morgan fingerprint density at radius 3 is 2.21 bits per heavy atom. The highest BCUT2D eigenvalue weighted by Crippen LogP contribution is 2.59. The summed E-state index contributed by atoms with van der Waals surface area (Å²) in [5, 5.41) is 11.7. The molecule has 39 heavy (non-hydrogen) atoms. The zero-order valence-corrected chi connectivity index (χ0v) is 23.7. The Kier molecular flexibility index (Phi) is 5.81. The van der Waals surface area contributed by atoms with Gasteiger partial charge in [-0.3, -0.25) is 10.1 Å². The number of hydrogen-bond donors (Lipinski definition) is 0. The van der Waals surface area contributed by atoms with Gasteiger partial charge in [-0.15, -0.1) is 0 Å². The normalized spacial score (nSPS) is 18.4. The zero-order chi connectivity index (χ0) is 27.5. The van der Waals surface area contributed by atoms with Crippen molar-refractivity contribution in [1.29, 1.82) is 0 Å². The topological polar surface area (TPSA) is 64.8 Å². The minimum atomic E-state index is -0.913. The summed E-state index contributed by atoms with van der Waals surface area (Å²) in [5.41, 5.74) is 5.82. The number of nitrogens with zero attached hydrogens (tertiary/aromatic N) is 2. The fourth-order valence-corrected chi connectivity index (χ4v) is 6.60. The second kappa shape index (κ2) is 8.99. The number of nitro groups is 1. The van der Waals surface area contributed by atoms with E-state index >= 15 is 0 Å². The lowest BCUT2D eigenvalue weighted by Crippen LogP contribution is -2.58. The van der Waals surface area contributed by atoms with E-state index in [9.17, 15) is 10.1 Å².